The largest absolute Gasteiger partial charge is 0.330 e. The molecule has 1 fully saturated rings. The van der Waals surface area contributed by atoms with Gasteiger partial charge in [-0.25, -0.2) is 0 Å². The van der Waals surface area contributed by atoms with E-state index in [1.807, 2.05) is 0 Å². The summed E-state index contributed by atoms with van der Waals surface area (Å²) in [4.78, 5) is 5.23. The van der Waals surface area contributed by atoms with Crippen LogP contribution in [0.5, 0.6) is 0 Å². The van der Waals surface area contributed by atoms with Crippen molar-refractivity contribution in [3.05, 3.63) is 0 Å². The Bertz CT molecular complexity index is 165. The number of hydrogen-bond acceptors (Lipinski definition) is 3. The maximum absolute atomic E-state index is 5.48. The molecule has 0 radical (unpaired) electrons. The lowest BCUT2D eigenvalue weighted by atomic mass is 10.1. The molecule has 2 N–H and O–H groups in total. The molecule has 1 saturated heterocycles. The van der Waals surface area contributed by atoms with Gasteiger partial charge in [-0.15, -0.1) is 0 Å². The number of unbranched alkanes of at least 4 members (excludes halogenated alkanes) is 4. The molecule has 0 aromatic rings. The number of nitrogens with zero attached hydrogens (tertiary/aromatic N) is 2. The van der Waals surface area contributed by atoms with E-state index in [2.05, 4.69) is 16.7 Å². The maximum atomic E-state index is 5.48. The highest BCUT2D eigenvalue weighted by molar-refractivity contribution is 4.71. The van der Waals surface area contributed by atoms with Crippen molar-refractivity contribution in [2.24, 2.45) is 5.73 Å². The third-order valence-electron chi connectivity index (χ3n) is 3.68. The van der Waals surface area contributed by atoms with E-state index < -0.39 is 0 Å². The van der Waals surface area contributed by atoms with Crippen LogP contribution in [0.3, 0.4) is 0 Å². The first-order chi connectivity index (χ1) is 8.36. The zero-order valence-electron chi connectivity index (χ0n) is 11.7. The molecule has 0 bridgehead atoms. The Morgan fingerprint density at radius 2 is 1.29 bits per heavy atom. The molecule has 0 atom stereocenters. The first kappa shape index (κ1) is 14.9. The van der Waals surface area contributed by atoms with Gasteiger partial charge in [-0.05, 0) is 38.9 Å². The van der Waals surface area contributed by atoms with E-state index in [-0.39, 0.29) is 0 Å². The van der Waals surface area contributed by atoms with Crippen LogP contribution in [-0.4, -0.2) is 55.6 Å². The topological polar surface area (TPSA) is 32.5 Å². The summed E-state index contributed by atoms with van der Waals surface area (Å²) in [5, 5.41) is 0. The molecule has 3 heteroatoms. The quantitative estimate of drug-likeness (QED) is 0.626. The van der Waals surface area contributed by atoms with Gasteiger partial charge < -0.3 is 15.5 Å². The average Bonchev–Trinajstić information content (AvgIpc) is 2.36. The van der Waals surface area contributed by atoms with Crippen molar-refractivity contribution >= 4 is 0 Å². The fraction of sp³-hybridized carbons (Fsp3) is 1.00. The first-order valence-electron chi connectivity index (χ1n) is 7.51. The lowest BCUT2D eigenvalue weighted by Gasteiger charge is -2.34. The van der Waals surface area contributed by atoms with Gasteiger partial charge in [0.1, 0.15) is 0 Å². The van der Waals surface area contributed by atoms with E-state index in [1.54, 1.807) is 0 Å². The van der Waals surface area contributed by atoms with E-state index in [0.29, 0.717) is 0 Å². The van der Waals surface area contributed by atoms with E-state index >= 15 is 0 Å². The van der Waals surface area contributed by atoms with Gasteiger partial charge in [0.05, 0.1) is 0 Å². The zero-order valence-corrected chi connectivity index (χ0v) is 11.7. The monoisotopic (exact) mass is 241 g/mol. The Morgan fingerprint density at radius 1 is 0.765 bits per heavy atom. The Morgan fingerprint density at radius 3 is 1.88 bits per heavy atom. The van der Waals surface area contributed by atoms with Crippen molar-refractivity contribution in [2.45, 2.75) is 45.4 Å². The lowest BCUT2D eigenvalue weighted by molar-refractivity contribution is 0.131. The van der Waals surface area contributed by atoms with Crippen molar-refractivity contribution < 1.29 is 0 Å². The minimum atomic E-state index is 0.861. The van der Waals surface area contributed by atoms with E-state index in [9.17, 15) is 0 Å². The number of hydrogen-bond donors (Lipinski definition) is 1. The molecule has 1 rings (SSSR count). The van der Waals surface area contributed by atoms with Crippen LogP contribution in [0.15, 0.2) is 0 Å². The van der Waals surface area contributed by atoms with Crippen LogP contribution in [0.25, 0.3) is 0 Å². The highest BCUT2D eigenvalue weighted by Gasteiger charge is 2.14. The Kier molecular flexibility index (Phi) is 8.67. The number of piperazine rings is 1. The minimum absolute atomic E-state index is 0.861. The average molecular weight is 241 g/mol. The maximum Gasteiger partial charge on any atom is 0.0110 e. The van der Waals surface area contributed by atoms with Crippen LogP contribution in [0, 0.1) is 0 Å². The van der Waals surface area contributed by atoms with E-state index in [4.69, 9.17) is 5.73 Å². The SMILES string of the molecule is CCCN1CCN(CCCCCCCN)CC1. The molecule has 1 aliphatic rings. The predicted octanol–water partition coefficient (Wildman–Crippen LogP) is 1.92. The van der Waals surface area contributed by atoms with Gasteiger partial charge >= 0.3 is 0 Å². The summed E-state index contributed by atoms with van der Waals surface area (Å²) in [5.41, 5.74) is 5.48. The predicted molar refractivity (Wildman–Crippen MR) is 75.3 cm³/mol. The summed E-state index contributed by atoms with van der Waals surface area (Å²) in [6, 6.07) is 0. The van der Waals surface area contributed by atoms with Crippen molar-refractivity contribution in [1.29, 1.82) is 0 Å². The van der Waals surface area contributed by atoms with E-state index in [1.165, 1.54) is 77.8 Å². The normalized spacial score (nSPS) is 18.7. The minimum Gasteiger partial charge on any atom is -0.330 e. The van der Waals surface area contributed by atoms with E-state index in [0.717, 1.165) is 6.54 Å². The molecule has 102 valence electrons. The Balaban J connectivity index is 1.91. The summed E-state index contributed by atoms with van der Waals surface area (Å²) in [6.45, 7) is 10.8. The molecule has 0 spiro atoms. The van der Waals surface area contributed by atoms with Crippen LogP contribution >= 0.6 is 0 Å². The first-order valence-corrected chi connectivity index (χ1v) is 7.51. The highest BCUT2D eigenvalue weighted by atomic mass is 15.3. The van der Waals surface area contributed by atoms with Gasteiger partial charge in [0, 0.05) is 26.2 Å². The molecule has 0 aliphatic carbocycles. The number of nitrogens with two attached hydrogens (primary N) is 1. The summed E-state index contributed by atoms with van der Waals surface area (Å²) < 4.78 is 0. The molecule has 3 nitrogen and oxygen atoms in total. The number of rotatable bonds is 9. The second-order valence-corrected chi connectivity index (χ2v) is 5.24. The molecular weight excluding hydrogens is 210 g/mol. The second-order valence-electron chi connectivity index (χ2n) is 5.24. The molecule has 0 unspecified atom stereocenters. The third-order valence-corrected chi connectivity index (χ3v) is 3.68. The van der Waals surface area contributed by atoms with Crippen LogP contribution in [0.4, 0.5) is 0 Å². The van der Waals surface area contributed by atoms with Crippen LogP contribution in [-0.2, 0) is 0 Å². The van der Waals surface area contributed by atoms with Crippen molar-refractivity contribution in [1.82, 2.24) is 9.80 Å². The van der Waals surface area contributed by atoms with Crippen molar-refractivity contribution in [2.75, 3.05) is 45.8 Å². The summed E-state index contributed by atoms with van der Waals surface area (Å²) in [5.74, 6) is 0. The van der Waals surface area contributed by atoms with Crippen molar-refractivity contribution in [3.63, 3.8) is 0 Å². The highest BCUT2D eigenvalue weighted by Crippen LogP contribution is 2.07. The lowest BCUT2D eigenvalue weighted by Crippen LogP contribution is -2.46. The molecule has 0 aromatic heterocycles. The fourth-order valence-electron chi connectivity index (χ4n) is 2.56. The molecule has 17 heavy (non-hydrogen) atoms. The Labute approximate surface area is 107 Å². The summed E-state index contributed by atoms with van der Waals surface area (Å²) in [7, 11) is 0. The standard InChI is InChI=1S/C14H31N3/c1-2-9-16-11-13-17(14-12-16)10-7-5-3-4-6-8-15/h2-15H2,1H3. The van der Waals surface area contributed by atoms with Gasteiger partial charge in [0.15, 0.2) is 0 Å². The molecule has 1 aliphatic heterocycles. The molecule has 0 amide bonds. The molecule has 0 saturated carbocycles. The van der Waals surface area contributed by atoms with Gasteiger partial charge in [0.2, 0.25) is 0 Å². The van der Waals surface area contributed by atoms with Crippen LogP contribution < -0.4 is 5.73 Å². The summed E-state index contributed by atoms with van der Waals surface area (Å²) >= 11 is 0. The molecular formula is C14H31N3. The smallest absolute Gasteiger partial charge is 0.0110 e. The van der Waals surface area contributed by atoms with Crippen LogP contribution in [0.2, 0.25) is 0 Å². The van der Waals surface area contributed by atoms with Crippen molar-refractivity contribution in [3.8, 4) is 0 Å². The molecule has 0 aromatic carbocycles. The second kappa shape index (κ2) is 9.86. The zero-order chi connectivity index (χ0) is 12.3. The summed E-state index contributed by atoms with van der Waals surface area (Å²) in [6.07, 6.45) is 7.94. The fourth-order valence-corrected chi connectivity index (χ4v) is 2.56. The third kappa shape index (κ3) is 7.02. The van der Waals surface area contributed by atoms with Gasteiger partial charge in [0.25, 0.3) is 0 Å². The van der Waals surface area contributed by atoms with Gasteiger partial charge in [-0.1, -0.05) is 26.2 Å². The Hall–Kier alpha value is -0.120. The van der Waals surface area contributed by atoms with Gasteiger partial charge in [-0.2, -0.15) is 0 Å². The molecule has 1 heterocycles. The van der Waals surface area contributed by atoms with Crippen LogP contribution in [0.1, 0.15) is 45.4 Å². The van der Waals surface area contributed by atoms with Gasteiger partial charge in [-0.3, -0.25) is 0 Å².